The number of aliphatic hydroxyl groups excluding tert-OH is 3. The number of rotatable bonds is 25. The Bertz CT molecular complexity index is 390. The Balaban J connectivity index is 3.42. The first-order chi connectivity index (χ1) is 15.6. The van der Waals surface area contributed by atoms with Gasteiger partial charge in [-0.1, -0.05) is 77.0 Å². The minimum absolute atomic E-state index is 0.110. The van der Waals surface area contributed by atoms with Crippen molar-refractivity contribution < 1.29 is 24.6 Å². The lowest BCUT2D eigenvalue weighted by Crippen LogP contribution is -2.53. The van der Waals surface area contributed by atoms with Gasteiger partial charge in [-0.3, -0.25) is 4.79 Å². The normalized spacial score (nSPS) is 11.8. The fourth-order valence-corrected chi connectivity index (χ4v) is 4.62. The summed E-state index contributed by atoms with van der Waals surface area (Å²) < 4.78 is 0.639. The van der Waals surface area contributed by atoms with E-state index in [9.17, 15) is 20.1 Å². The fourth-order valence-electron chi connectivity index (χ4n) is 4.62. The highest BCUT2D eigenvalue weighted by atomic mass is 16.3. The minimum Gasteiger partial charge on any atom is -0.391 e. The predicted molar refractivity (Wildman–Crippen MR) is 134 cm³/mol. The predicted octanol–water partition coefficient (Wildman–Crippen LogP) is 4.16. The van der Waals surface area contributed by atoms with E-state index in [1.807, 2.05) is 6.92 Å². The molecule has 0 aliphatic carbocycles. The molecule has 0 atom stereocenters. The third-order valence-electron chi connectivity index (χ3n) is 6.63. The molecule has 0 aromatic rings. The van der Waals surface area contributed by atoms with E-state index in [0.29, 0.717) is 30.5 Å². The number of nitrogens with one attached hydrogen (secondary N) is 1. The first-order valence-electron chi connectivity index (χ1n) is 13.6. The molecule has 0 saturated heterocycles. The van der Waals surface area contributed by atoms with Crippen molar-refractivity contribution >= 4 is 5.91 Å². The van der Waals surface area contributed by atoms with Gasteiger partial charge in [0.15, 0.2) is 0 Å². The maximum absolute atomic E-state index is 11.4. The van der Waals surface area contributed by atoms with E-state index in [1.165, 1.54) is 83.5 Å². The molecule has 0 rings (SSSR count). The number of amides is 1. The van der Waals surface area contributed by atoms with Crippen molar-refractivity contribution in [2.45, 2.75) is 110 Å². The van der Waals surface area contributed by atoms with Gasteiger partial charge >= 0.3 is 0 Å². The first kappa shape index (κ1) is 31.3. The fraction of sp³-hybridized carbons (Fsp3) is 0.962. The second-order valence-corrected chi connectivity index (χ2v) is 9.41. The molecule has 32 heavy (non-hydrogen) atoms. The third kappa shape index (κ3) is 18.8. The highest BCUT2D eigenvalue weighted by Crippen LogP contribution is 2.15. The highest BCUT2D eigenvalue weighted by molar-refractivity contribution is 5.75. The Morgan fingerprint density at radius 1 is 0.562 bits per heavy atom. The van der Waals surface area contributed by atoms with Crippen LogP contribution in [0.1, 0.15) is 110 Å². The van der Waals surface area contributed by atoms with Gasteiger partial charge in [0.25, 0.3) is 0 Å². The summed E-state index contributed by atoms with van der Waals surface area (Å²) in [7, 11) is 0. The lowest BCUT2D eigenvalue weighted by atomic mass is 10.0. The third-order valence-corrected chi connectivity index (χ3v) is 6.63. The quantitative estimate of drug-likeness (QED) is 0.122. The molecule has 0 aliphatic rings. The van der Waals surface area contributed by atoms with Gasteiger partial charge in [0.2, 0.25) is 5.91 Å². The Morgan fingerprint density at radius 2 is 0.906 bits per heavy atom. The van der Waals surface area contributed by atoms with Crippen molar-refractivity contribution in [1.82, 2.24) is 5.32 Å². The van der Waals surface area contributed by atoms with Crippen LogP contribution in [-0.4, -0.2) is 78.3 Å². The molecule has 0 radical (unpaired) electrons. The number of quaternary nitrogens is 1. The zero-order chi connectivity index (χ0) is 23.8. The summed E-state index contributed by atoms with van der Waals surface area (Å²) >= 11 is 0. The van der Waals surface area contributed by atoms with Gasteiger partial charge in [0, 0.05) is 13.0 Å². The number of carbonyl (C=O) groups is 1. The molecule has 0 bridgehead atoms. The van der Waals surface area contributed by atoms with Crippen LogP contribution in [0.2, 0.25) is 0 Å². The van der Waals surface area contributed by atoms with Crippen LogP contribution in [-0.2, 0) is 4.79 Å². The maximum Gasteiger partial charge on any atom is 0.219 e. The van der Waals surface area contributed by atoms with Crippen molar-refractivity contribution in [3.63, 3.8) is 0 Å². The molecule has 1 amide bonds. The molecule has 0 unspecified atom stereocenters. The van der Waals surface area contributed by atoms with E-state index in [2.05, 4.69) is 5.32 Å². The Kier molecular flexibility index (Phi) is 23.0. The molecule has 0 aromatic heterocycles. The first-order valence-corrected chi connectivity index (χ1v) is 13.6. The van der Waals surface area contributed by atoms with Crippen LogP contribution in [0.15, 0.2) is 0 Å². The molecule has 0 aliphatic heterocycles. The topological polar surface area (TPSA) is 89.8 Å². The van der Waals surface area contributed by atoms with Crippen LogP contribution >= 0.6 is 0 Å². The molecule has 0 fully saturated rings. The summed E-state index contributed by atoms with van der Waals surface area (Å²) in [5.74, 6) is 0.197. The monoisotopic (exact) mass is 459 g/mol. The zero-order valence-electron chi connectivity index (χ0n) is 21.2. The van der Waals surface area contributed by atoms with Gasteiger partial charge in [0.05, 0.1) is 26.4 Å². The molecule has 4 N–H and O–H groups in total. The summed E-state index contributed by atoms with van der Waals surface area (Å²) in [6, 6.07) is 0. The van der Waals surface area contributed by atoms with Gasteiger partial charge in [-0.15, -0.1) is 0 Å². The van der Waals surface area contributed by atoms with E-state index < -0.39 is 0 Å². The number of aliphatic hydroxyl groups is 3. The van der Waals surface area contributed by atoms with Crippen molar-refractivity contribution in [3.05, 3.63) is 0 Å². The SMILES string of the molecule is CCNC(=O)CCCCCCCCCCCCCCCCC[N+](CCO)(CCO)CCO. The van der Waals surface area contributed by atoms with Crippen LogP contribution in [0.25, 0.3) is 0 Å². The van der Waals surface area contributed by atoms with Gasteiger partial charge < -0.3 is 25.1 Å². The molecule has 0 aromatic carbocycles. The van der Waals surface area contributed by atoms with Crippen molar-refractivity contribution in [2.24, 2.45) is 0 Å². The summed E-state index contributed by atoms with van der Waals surface area (Å²) in [5.41, 5.74) is 0. The summed E-state index contributed by atoms with van der Waals surface area (Å²) in [5, 5.41) is 30.8. The second kappa shape index (κ2) is 23.5. The molecule has 0 spiro atoms. The van der Waals surface area contributed by atoms with Gasteiger partial charge in [-0.2, -0.15) is 0 Å². The maximum atomic E-state index is 11.4. The van der Waals surface area contributed by atoms with Crippen LogP contribution < -0.4 is 5.32 Å². The van der Waals surface area contributed by atoms with E-state index in [1.54, 1.807) is 0 Å². The van der Waals surface area contributed by atoms with Crippen LogP contribution in [0.5, 0.6) is 0 Å². The summed E-state index contributed by atoms with van der Waals surface area (Å²) in [6.45, 7) is 5.85. The van der Waals surface area contributed by atoms with E-state index in [0.717, 1.165) is 25.9 Å². The van der Waals surface area contributed by atoms with E-state index in [-0.39, 0.29) is 25.7 Å². The standard InChI is InChI=1S/C26H54N2O4/c1-2-27-26(32)18-16-14-12-10-8-6-4-3-5-7-9-11-13-15-17-19-28(20-23-29,21-24-30)22-25-31/h29-31H,2-25H2,1H3/p+1. The highest BCUT2D eigenvalue weighted by Gasteiger charge is 2.25. The smallest absolute Gasteiger partial charge is 0.219 e. The van der Waals surface area contributed by atoms with E-state index in [4.69, 9.17) is 0 Å². The zero-order valence-corrected chi connectivity index (χ0v) is 21.2. The molecule has 192 valence electrons. The second-order valence-electron chi connectivity index (χ2n) is 9.41. The number of hydrogen-bond donors (Lipinski definition) is 4. The van der Waals surface area contributed by atoms with Crippen LogP contribution in [0, 0.1) is 0 Å². The summed E-state index contributed by atoms with van der Waals surface area (Å²) in [6.07, 6.45) is 19.8. The molecule has 0 heterocycles. The van der Waals surface area contributed by atoms with Gasteiger partial charge in [0.1, 0.15) is 19.6 Å². The lowest BCUT2D eigenvalue weighted by molar-refractivity contribution is -0.929. The van der Waals surface area contributed by atoms with Gasteiger partial charge in [-0.25, -0.2) is 0 Å². The Labute approximate surface area is 198 Å². The molecular weight excluding hydrogens is 404 g/mol. The lowest BCUT2D eigenvalue weighted by Gasteiger charge is -2.37. The van der Waals surface area contributed by atoms with Crippen LogP contribution in [0.3, 0.4) is 0 Å². The average Bonchev–Trinajstić information content (AvgIpc) is 2.76. The number of unbranched alkanes of at least 4 members (excludes halogenated alkanes) is 14. The molecule has 6 heteroatoms. The number of nitrogens with zero attached hydrogens (tertiary/aromatic N) is 1. The Hall–Kier alpha value is -0.690. The van der Waals surface area contributed by atoms with Crippen molar-refractivity contribution in [2.75, 3.05) is 52.5 Å². The van der Waals surface area contributed by atoms with Crippen molar-refractivity contribution in [1.29, 1.82) is 0 Å². The molecule has 0 saturated carbocycles. The number of hydrogen-bond acceptors (Lipinski definition) is 4. The van der Waals surface area contributed by atoms with Crippen LogP contribution in [0.4, 0.5) is 0 Å². The molecular formula is C26H55N2O4+. The minimum atomic E-state index is 0.110. The van der Waals surface area contributed by atoms with E-state index >= 15 is 0 Å². The van der Waals surface area contributed by atoms with Gasteiger partial charge in [-0.05, 0) is 26.2 Å². The molecule has 6 nitrogen and oxygen atoms in total. The average molecular weight is 460 g/mol. The number of carbonyl (C=O) groups excluding carboxylic acids is 1. The largest absolute Gasteiger partial charge is 0.391 e. The van der Waals surface area contributed by atoms with Crippen molar-refractivity contribution in [3.8, 4) is 0 Å². The summed E-state index contributed by atoms with van der Waals surface area (Å²) in [4.78, 5) is 11.4. The Morgan fingerprint density at radius 3 is 1.25 bits per heavy atom.